The van der Waals surface area contributed by atoms with E-state index < -0.39 is 12.0 Å². The van der Waals surface area contributed by atoms with Crippen LogP contribution >= 0.6 is 0 Å². The zero-order valence-electron chi connectivity index (χ0n) is 8.82. The molecule has 1 aliphatic carbocycles. The summed E-state index contributed by atoms with van der Waals surface area (Å²) in [5.41, 5.74) is 1.73. The number of hydrogen-bond acceptors (Lipinski definition) is 3. The van der Waals surface area contributed by atoms with Gasteiger partial charge in [0.25, 0.3) is 0 Å². The molecule has 0 unspecified atom stereocenters. The maximum Gasteiger partial charge on any atom is 0.326 e. The largest absolute Gasteiger partial charge is 0.480 e. The van der Waals surface area contributed by atoms with Crippen molar-refractivity contribution in [3.8, 4) is 0 Å². The summed E-state index contributed by atoms with van der Waals surface area (Å²) in [5.74, 6) is -0.701. The minimum absolute atomic E-state index is 0.112. The highest BCUT2D eigenvalue weighted by Crippen LogP contribution is 2.31. The second-order valence-electron chi connectivity index (χ2n) is 4.24. The third kappa shape index (κ3) is 1.64. The van der Waals surface area contributed by atoms with E-state index in [2.05, 4.69) is 0 Å². The zero-order valence-corrected chi connectivity index (χ0v) is 8.82. The zero-order chi connectivity index (χ0) is 11.0. The molecule has 1 fully saturated rings. The van der Waals surface area contributed by atoms with Gasteiger partial charge in [-0.2, -0.15) is 0 Å². The molecule has 1 atom stereocenters. The molecule has 1 saturated heterocycles. The van der Waals surface area contributed by atoms with E-state index in [9.17, 15) is 9.59 Å². The fourth-order valence-corrected chi connectivity index (χ4v) is 2.47. The Balaban J connectivity index is 2.26. The summed E-state index contributed by atoms with van der Waals surface area (Å²) < 4.78 is 0. The number of aliphatic carboxylic acids is 1. The second kappa shape index (κ2) is 3.68. The fraction of sp³-hybridized carbons (Fsp3) is 0.636. The van der Waals surface area contributed by atoms with Gasteiger partial charge in [-0.15, -0.1) is 0 Å². The maximum absolute atomic E-state index is 11.6. The van der Waals surface area contributed by atoms with Crippen molar-refractivity contribution in [2.45, 2.75) is 38.6 Å². The number of carbonyl (C=O) groups excluding carboxylic acids is 1. The van der Waals surface area contributed by atoms with Crippen LogP contribution in [0.25, 0.3) is 0 Å². The lowest BCUT2D eigenvalue weighted by atomic mass is 10.2. The minimum Gasteiger partial charge on any atom is -0.480 e. The number of carboxylic acids is 1. The Labute approximate surface area is 88.6 Å². The van der Waals surface area contributed by atoms with Gasteiger partial charge in [0.1, 0.15) is 6.04 Å². The first kappa shape index (κ1) is 10.2. The van der Waals surface area contributed by atoms with E-state index in [-0.39, 0.29) is 5.78 Å². The molecular formula is C11H15NO3. The molecule has 2 aliphatic rings. The number of nitrogens with zero attached hydrogens (tertiary/aromatic N) is 1. The first-order chi connectivity index (χ1) is 7.11. The summed E-state index contributed by atoms with van der Waals surface area (Å²) in [4.78, 5) is 24.4. The van der Waals surface area contributed by atoms with E-state index in [4.69, 9.17) is 5.11 Å². The van der Waals surface area contributed by atoms with Crippen LogP contribution in [0.15, 0.2) is 11.3 Å². The van der Waals surface area contributed by atoms with Gasteiger partial charge >= 0.3 is 5.97 Å². The highest BCUT2D eigenvalue weighted by Gasteiger charge is 2.36. The Morgan fingerprint density at radius 1 is 1.47 bits per heavy atom. The van der Waals surface area contributed by atoms with E-state index in [0.29, 0.717) is 25.1 Å². The van der Waals surface area contributed by atoms with Crippen LogP contribution < -0.4 is 0 Å². The van der Waals surface area contributed by atoms with Gasteiger partial charge in [0.05, 0.1) is 5.70 Å². The summed E-state index contributed by atoms with van der Waals surface area (Å²) in [6, 6.07) is -0.489. The van der Waals surface area contributed by atoms with Crippen molar-refractivity contribution in [3.05, 3.63) is 11.3 Å². The van der Waals surface area contributed by atoms with Crippen LogP contribution in [0.5, 0.6) is 0 Å². The molecule has 0 aromatic heterocycles. The standard InChI is InChI=1S/C11H15NO3/c1-7-4-5-9(13)10(7)12-6-2-3-8(12)11(14)15/h8H,2-6H2,1H3,(H,14,15)/t8-/m0/s1. The molecule has 0 aromatic rings. The lowest BCUT2D eigenvalue weighted by molar-refractivity contribution is -0.141. The molecule has 1 heterocycles. The Kier molecular flexibility index (Phi) is 2.50. The topological polar surface area (TPSA) is 57.6 Å². The minimum atomic E-state index is -0.812. The Hall–Kier alpha value is -1.32. The van der Waals surface area contributed by atoms with Crippen molar-refractivity contribution in [1.29, 1.82) is 0 Å². The third-order valence-electron chi connectivity index (χ3n) is 3.22. The number of hydrogen-bond donors (Lipinski definition) is 1. The molecule has 82 valence electrons. The van der Waals surface area contributed by atoms with Crippen molar-refractivity contribution >= 4 is 11.8 Å². The first-order valence-electron chi connectivity index (χ1n) is 5.33. The number of allylic oxidation sites excluding steroid dienone is 2. The summed E-state index contributed by atoms with van der Waals surface area (Å²) in [6.07, 6.45) is 2.85. The predicted octanol–water partition coefficient (Wildman–Crippen LogP) is 1.17. The van der Waals surface area contributed by atoms with Gasteiger partial charge in [0, 0.05) is 13.0 Å². The van der Waals surface area contributed by atoms with Crippen LogP contribution in [0.4, 0.5) is 0 Å². The molecular weight excluding hydrogens is 194 g/mol. The number of Topliss-reactive ketones (excluding diaryl/α,β-unsaturated/α-hetero) is 1. The Morgan fingerprint density at radius 2 is 2.20 bits per heavy atom. The lowest BCUT2D eigenvalue weighted by Gasteiger charge is -2.24. The Morgan fingerprint density at radius 3 is 2.73 bits per heavy atom. The van der Waals surface area contributed by atoms with Crippen molar-refractivity contribution < 1.29 is 14.7 Å². The molecule has 15 heavy (non-hydrogen) atoms. The summed E-state index contributed by atoms with van der Waals surface area (Å²) >= 11 is 0. The van der Waals surface area contributed by atoms with Crippen molar-refractivity contribution in [1.82, 2.24) is 4.90 Å². The van der Waals surface area contributed by atoms with Gasteiger partial charge in [-0.3, -0.25) is 4.79 Å². The quantitative estimate of drug-likeness (QED) is 0.741. The second-order valence-corrected chi connectivity index (χ2v) is 4.24. The molecule has 0 spiro atoms. The first-order valence-corrected chi connectivity index (χ1v) is 5.33. The maximum atomic E-state index is 11.6. The van der Waals surface area contributed by atoms with Gasteiger partial charge in [-0.25, -0.2) is 4.79 Å². The molecule has 1 aliphatic heterocycles. The van der Waals surface area contributed by atoms with Crippen LogP contribution in [0.2, 0.25) is 0 Å². The van der Waals surface area contributed by atoms with E-state index in [0.717, 1.165) is 18.4 Å². The molecule has 0 aromatic carbocycles. The van der Waals surface area contributed by atoms with Crippen LogP contribution in [0.3, 0.4) is 0 Å². The van der Waals surface area contributed by atoms with Gasteiger partial charge in [-0.05, 0) is 31.8 Å². The average molecular weight is 209 g/mol. The van der Waals surface area contributed by atoms with Crippen LogP contribution in [0, 0.1) is 0 Å². The summed E-state index contributed by atoms with van der Waals surface area (Å²) in [5, 5.41) is 9.04. The van der Waals surface area contributed by atoms with Crippen LogP contribution in [0.1, 0.15) is 32.6 Å². The molecule has 0 bridgehead atoms. The van der Waals surface area contributed by atoms with E-state index in [1.807, 2.05) is 6.92 Å². The van der Waals surface area contributed by atoms with Crippen molar-refractivity contribution in [3.63, 3.8) is 0 Å². The molecule has 4 nitrogen and oxygen atoms in total. The molecule has 0 amide bonds. The molecule has 2 rings (SSSR count). The monoisotopic (exact) mass is 209 g/mol. The van der Waals surface area contributed by atoms with Crippen LogP contribution in [-0.2, 0) is 9.59 Å². The SMILES string of the molecule is CC1=C(N2CCC[C@H]2C(=O)O)C(=O)CC1. The molecule has 1 N–H and O–H groups in total. The van der Waals surface area contributed by atoms with Crippen molar-refractivity contribution in [2.75, 3.05) is 6.54 Å². The molecule has 0 radical (unpaired) electrons. The van der Waals surface area contributed by atoms with Gasteiger partial charge in [0.2, 0.25) is 0 Å². The lowest BCUT2D eigenvalue weighted by Crippen LogP contribution is -2.37. The van der Waals surface area contributed by atoms with E-state index in [1.54, 1.807) is 4.90 Å². The number of ketones is 1. The molecule has 0 saturated carbocycles. The third-order valence-corrected chi connectivity index (χ3v) is 3.22. The fourth-order valence-electron chi connectivity index (χ4n) is 2.47. The van der Waals surface area contributed by atoms with Gasteiger partial charge in [-0.1, -0.05) is 0 Å². The predicted molar refractivity (Wildman–Crippen MR) is 54.3 cm³/mol. The van der Waals surface area contributed by atoms with Crippen LogP contribution in [-0.4, -0.2) is 34.3 Å². The molecule has 4 heteroatoms. The summed E-state index contributed by atoms with van der Waals surface area (Å²) in [7, 11) is 0. The Bertz CT molecular complexity index is 346. The van der Waals surface area contributed by atoms with E-state index >= 15 is 0 Å². The van der Waals surface area contributed by atoms with Crippen molar-refractivity contribution in [2.24, 2.45) is 0 Å². The smallest absolute Gasteiger partial charge is 0.326 e. The van der Waals surface area contributed by atoms with Gasteiger partial charge in [0.15, 0.2) is 5.78 Å². The number of likely N-dealkylation sites (tertiary alicyclic amines) is 1. The highest BCUT2D eigenvalue weighted by molar-refractivity contribution is 5.98. The number of carboxylic acid groups (broad SMARTS) is 1. The highest BCUT2D eigenvalue weighted by atomic mass is 16.4. The number of rotatable bonds is 2. The van der Waals surface area contributed by atoms with E-state index in [1.165, 1.54) is 0 Å². The number of carbonyl (C=O) groups is 2. The summed E-state index contributed by atoms with van der Waals surface area (Å²) in [6.45, 7) is 2.63. The normalized spacial score (nSPS) is 26.6. The average Bonchev–Trinajstić information content (AvgIpc) is 2.73. The van der Waals surface area contributed by atoms with Gasteiger partial charge < -0.3 is 10.0 Å².